The monoisotopic (exact) mass is 449 g/mol. The van der Waals surface area contributed by atoms with Crippen LogP contribution in [0.25, 0.3) is 0 Å². The zero-order valence-corrected chi connectivity index (χ0v) is 18.8. The van der Waals surface area contributed by atoms with Crippen molar-refractivity contribution in [1.82, 2.24) is 10.6 Å². The molecule has 2 heterocycles. The quantitative estimate of drug-likeness (QED) is 0.565. The molecular weight excluding hydrogens is 422 g/mol. The van der Waals surface area contributed by atoms with Gasteiger partial charge in [-0.05, 0) is 49.9 Å². The third kappa shape index (κ3) is 6.20. The Morgan fingerprint density at radius 3 is 2.43 bits per heavy atom. The van der Waals surface area contributed by atoms with Crippen LogP contribution in [0.1, 0.15) is 38.4 Å². The molecule has 1 fully saturated rings. The molecule has 6 nitrogen and oxygen atoms in total. The van der Waals surface area contributed by atoms with E-state index in [1.807, 2.05) is 18.2 Å². The molecule has 0 saturated carbocycles. The molecule has 30 heavy (non-hydrogen) atoms. The van der Waals surface area contributed by atoms with Crippen LogP contribution in [-0.4, -0.2) is 31.1 Å². The highest BCUT2D eigenvalue weighted by molar-refractivity contribution is 7.20. The smallest absolute Gasteiger partial charge is 0.413 e. The molecule has 1 aromatic heterocycles. The number of anilines is 1. The van der Waals surface area contributed by atoms with Crippen molar-refractivity contribution in [2.75, 3.05) is 18.4 Å². The van der Waals surface area contributed by atoms with E-state index in [1.165, 1.54) is 11.3 Å². The molecular formula is C22H28ClN3O3S. The van der Waals surface area contributed by atoms with Gasteiger partial charge >= 0.3 is 6.09 Å². The molecule has 3 N–H and O–H groups in total. The van der Waals surface area contributed by atoms with Crippen molar-refractivity contribution in [2.24, 2.45) is 11.8 Å². The number of rotatable bonds is 7. The lowest BCUT2D eigenvalue weighted by Crippen LogP contribution is -2.49. The van der Waals surface area contributed by atoms with E-state index in [1.54, 1.807) is 24.3 Å². The molecule has 1 saturated heterocycles. The zero-order valence-electron chi connectivity index (χ0n) is 17.2. The van der Waals surface area contributed by atoms with Crippen molar-refractivity contribution in [2.45, 2.75) is 38.8 Å². The maximum Gasteiger partial charge on any atom is 0.413 e. The second-order valence-electron chi connectivity index (χ2n) is 7.79. The number of amides is 2. The number of hydrogen-bond acceptors (Lipinski definition) is 5. The zero-order chi connectivity index (χ0) is 21.5. The van der Waals surface area contributed by atoms with Gasteiger partial charge in [-0.2, -0.15) is 0 Å². The normalized spacial score (nSPS) is 16.7. The van der Waals surface area contributed by atoms with E-state index in [0.717, 1.165) is 25.9 Å². The summed E-state index contributed by atoms with van der Waals surface area (Å²) < 4.78 is 6.13. The van der Waals surface area contributed by atoms with Gasteiger partial charge in [0.25, 0.3) is 5.91 Å². The fraction of sp³-hybridized carbons (Fsp3) is 0.455. The Morgan fingerprint density at radius 2 is 1.83 bits per heavy atom. The molecule has 8 heteroatoms. The molecule has 2 atom stereocenters. The number of nitrogens with one attached hydrogen (secondary N) is 3. The summed E-state index contributed by atoms with van der Waals surface area (Å²) in [4.78, 5) is 25.7. The molecule has 0 radical (unpaired) electrons. The van der Waals surface area contributed by atoms with E-state index in [-0.39, 0.29) is 17.9 Å². The number of ether oxygens (including phenoxy) is 1. The van der Waals surface area contributed by atoms with Gasteiger partial charge in [-0.15, -0.1) is 11.3 Å². The Morgan fingerprint density at radius 1 is 1.13 bits per heavy atom. The van der Waals surface area contributed by atoms with E-state index < -0.39 is 12.2 Å². The summed E-state index contributed by atoms with van der Waals surface area (Å²) in [6.45, 7) is 6.12. The van der Waals surface area contributed by atoms with Crippen molar-refractivity contribution in [1.29, 1.82) is 0 Å². The van der Waals surface area contributed by atoms with Crippen LogP contribution in [0.5, 0.6) is 0 Å². The molecule has 0 spiro atoms. The second-order valence-corrected chi connectivity index (χ2v) is 9.51. The van der Waals surface area contributed by atoms with Gasteiger partial charge in [0.05, 0.1) is 9.34 Å². The second kappa shape index (κ2) is 10.8. The van der Waals surface area contributed by atoms with Gasteiger partial charge in [-0.3, -0.25) is 10.1 Å². The third-order valence-electron chi connectivity index (χ3n) is 5.28. The van der Waals surface area contributed by atoms with Crippen molar-refractivity contribution < 1.29 is 14.3 Å². The summed E-state index contributed by atoms with van der Waals surface area (Å²) >= 11 is 7.14. The highest BCUT2D eigenvalue weighted by Gasteiger charge is 2.32. The molecule has 1 aromatic carbocycles. The largest absolute Gasteiger partial charge is 0.431 e. The maximum absolute atomic E-state index is 13.2. The molecule has 2 unspecified atom stereocenters. The summed E-state index contributed by atoms with van der Waals surface area (Å²) in [7, 11) is 0. The van der Waals surface area contributed by atoms with Crippen LogP contribution in [0.2, 0.25) is 4.34 Å². The Hall–Kier alpha value is -2.09. The average molecular weight is 450 g/mol. The minimum atomic E-state index is -1.04. The van der Waals surface area contributed by atoms with Gasteiger partial charge in [-0.25, -0.2) is 4.79 Å². The van der Waals surface area contributed by atoms with Crippen LogP contribution in [-0.2, 0) is 9.53 Å². The average Bonchev–Trinajstić information content (AvgIpc) is 3.15. The van der Waals surface area contributed by atoms with Crippen molar-refractivity contribution in [3.63, 3.8) is 0 Å². The van der Waals surface area contributed by atoms with Crippen LogP contribution < -0.4 is 16.0 Å². The fourth-order valence-electron chi connectivity index (χ4n) is 3.79. The summed E-state index contributed by atoms with van der Waals surface area (Å²) in [6, 6.07) is 12.5. The molecule has 2 aromatic rings. The predicted molar refractivity (Wildman–Crippen MR) is 121 cm³/mol. The Labute approximate surface area is 186 Å². The predicted octanol–water partition coefficient (Wildman–Crippen LogP) is 4.83. The first-order chi connectivity index (χ1) is 14.4. The SMILES string of the molecule is CC(C)C(NC(=O)C(OC(=O)Nc1ccc(Cl)s1)c1ccccc1)C1CCNCC1. The number of thiophene rings is 1. The number of piperidine rings is 1. The van der Waals surface area contributed by atoms with E-state index >= 15 is 0 Å². The minimum Gasteiger partial charge on any atom is -0.431 e. The fourth-order valence-corrected chi connectivity index (χ4v) is 4.72. The van der Waals surface area contributed by atoms with Crippen LogP contribution in [0.3, 0.4) is 0 Å². The minimum absolute atomic E-state index is 0.0218. The van der Waals surface area contributed by atoms with Crippen molar-refractivity contribution in [3.05, 3.63) is 52.4 Å². The molecule has 1 aliphatic rings. The number of hydrogen-bond donors (Lipinski definition) is 3. The topological polar surface area (TPSA) is 79.5 Å². The number of carbonyl (C=O) groups excluding carboxylic acids is 2. The third-order valence-corrected chi connectivity index (χ3v) is 6.43. The van der Waals surface area contributed by atoms with Gasteiger partial charge in [0.1, 0.15) is 0 Å². The van der Waals surface area contributed by atoms with Gasteiger partial charge in [0.2, 0.25) is 6.10 Å². The van der Waals surface area contributed by atoms with E-state index in [9.17, 15) is 9.59 Å². The Balaban J connectivity index is 1.73. The maximum atomic E-state index is 13.2. The molecule has 3 rings (SSSR count). The van der Waals surface area contributed by atoms with Gasteiger partial charge in [0.15, 0.2) is 0 Å². The number of carbonyl (C=O) groups is 2. The lowest BCUT2D eigenvalue weighted by atomic mass is 9.84. The van der Waals surface area contributed by atoms with Crippen LogP contribution in [0.15, 0.2) is 42.5 Å². The van der Waals surface area contributed by atoms with E-state index in [2.05, 4.69) is 29.8 Å². The molecule has 162 valence electrons. The highest BCUT2D eigenvalue weighted by Crippen LogP contribution is 2.28. The first kappa shape index (κ1) is 22.6. The Bertz CT molecular complexity index is 837. The van der Waals surface area contributed by atoms with Crippen molar-refractivity contribution in [3.8, 4) is 0 Å². The number of halogens is 1. The van der Waals surface area contributed by atoms with E-state index in [0.29, 0.717) is 20.8 Å². The van der Waals surface area contributed by atoms with Gasteiger partial charge in [0, 0.05) is 11.6 Å². The van der Waals surface area contributed by atoms with Crippen molar-refractivity contribution >= 4 is 39.9 Å². The highest BCUT2D eigenvalue weighted by atomic mass is 35.5. The van der Waals surface area contributed by atoms with Gasteiger partial charge in [-0.1, -0.05) is 55.8 Å². The number of benzene rings is 1. The summed E-state index contributed by atoms with van der Waals surface area (Å²) in [6.07, 6.45) is 0.296. The molecule has 0 aliphatic carbocycles. The summed E-state index contributed by atoms with van der Waals surface area (Å²) in [5.74, 6) is 0.363. The summed E-state index contributed by atoms with van der Waals surface area (Å²) in [5, 5.41) is 9.73. The van der Waals surface area contributed by atoms with E-state index in [4.69, 9.17) is 16.3 Å². The molecule has 0 bridgehead atoms. The first-order valence-electron chi connectivity index (χ1n) is 10.2. The Kier molecular flexibility index (Phi) is 8.13. The lowest BCUT2D eigenvalue weighted by Gasteiger charge is -2.34. The lowest BCUT2D eigenvalue weighted by molar-refractivity contribution is -0.131. The van der Waals surface area contributed by atoms with Crippen LogP contribution in [0, 0.1) is 11.8 Å². The van der Waals surface area contributed by atoms with Gasteiger partial charge < -0.3 is 15.4 Å². The van der Waals surface area contributed by atoms with Crippen LogP contribution >= 0.6 is 22.9 Å². The van der Waals surface area contributed by atoms with Crippen LogP contribution in [0.4, 0.5) is 9.80 Å². The molecule has 2 amide bonds. The standard InChI is InChI=1S/C22H28ClN3O3S/c1-14(2)19(15-10-12-24-13-11-15)26-21(27)20(16-6-4-3-5-7-16)29-22(28)25-18-9-8-17(23)30-18/h3-9,14-15,19-20,24H,10-13H2,1-2H3,(H,25,28)(H,26,27). The first-order valence-corrected chi connectivity index (χ1v) is 11.4. The molecule has 1 aliphatic heterocycles. The summed E-state index contributed by atoms with van der Waals surface area (Å²) in [5.41, 5.74) is 0.627.